The van der Waals surface area contributed by atoms with Crippen molar-refractivity contribution in [2.45, 2.75) is 45.4 Å². The maximum absolute atomic E-state index is 11.8. The van der Waals surface area contributed by atoms with Gasteiger partial charge in [0, 0.05) is 6.07 Å². The zero-order valence-corrected chi connectivity index (χ0v) is 12.3. The van der Waals surface area contributed by atoms with Crippen molar-refractivity contribution < 1.29 is 14.5 Å². The summed E-state index contributed by atoms with van der Waals surface area (Å²) in [7, 11) is 0. The maximum atomic E-state index is 11.8. The lowest BCUT2D eigenvalue weighted by Gasteiger charge is -2.05. The Balaban J connectivity index is 2.39. The normalized spacial score (nSPS) is 10.3. The molecule has 0 fully saturated rings. The monoisotopic (exact) mass is 294 g/mol. The lowest BCUT2D eigenvalue weighted by Crippen LogP contribution is -2.07. The Morgan fingerprint density at radius 1 is 1.24 bits per heavy atom. The van der Waals surface area contributed by atoms with E-state index >= 15 is 0 Å². The fourth-order valence-electron chi connectivity index (χ4n) is 1.96. The van der Waals surface area contributed by atoms with Gasteiger partial charge in [-0.3, -0.25) is 10.1 Å². The molecular weight excluding hydrogens is 272 g/mol. The smallest absolute Gasteiger partial charge is 0.338 e. The van der Waals surface area contributed by atoms with Crippen molar-refractivity contribution in [3.8, 4) is 0 Å². The first-order chi connectivity index (χ1) is 10.1. The maximum Gasteiger partial charge on any atom is 0.338 e. The summed E-state index contributed by atoms with van der Waals surface area (Å²) >= 11 is 0. The van der Waals surface area contributed by atoms with Crippen molar-refractivity contribution in [3.63, 3.8) is 0 Å². The number of rotatable bonds is 9. The standard InChI is InChI=1S/C15H22N2O4/c1-2-3-4-5-6-7-10-21-15(18)12-8-9-13(16)14(11-12)17(19)20/h8-9,11H,2-7,10,16H2,1H3. The molecule has 0 aliphatic carbocycles. The summed E-state index contributed by atoms with van der Waals surface area (Å²) in [6, 6.07) is 3.93. The van der Waals surface area contributed by atoms with Crippen LogP contribution in [0.2, 0.25) is 0 Å². The second-order valence-corrected chi connectivity index (χ2v) is 4.93. The molecule has 0 amide bonds. The first kappa shape index (κ1) is 16.9. The van der Waals surface area contributed by atoms with Crippen LogP contribution in [0.4, 0.5) is 11.4 Å². The van der Waals surface area contributed by atoms with Crippen LogP contribution in [0.5, 0.6) is 0 Å². The number of benzene rings is 1. The molecule has 0 radical (unpaired) electrons. The Kier molecular flexibility index (Phi) is 7.21. The van der Waals surface area contributed by atoms with Crippen molar-refractivity contribution in [3.05, 3.63) is 33.9 Å². The number of hydrogen-bond donors (Lipinski definition) is 1. The topological polar surface area (TPSA) is 95.5 Å². The summed E-state index contributed by atoms with van der Waals surface area (Å²) in [5.41, 5.74) is 5.39. The number of nitrogens with two attached hydrogens (primary N) is 1. The number of carbonyl (C=O) groups is 1. The number of carbonyl (C=O) groups excluding carboxylic acids is 1. The van der Waals surface area contributed by atoms with Gasteiger partial charge in [0.2, 0.25) is 0 Å². The Morgan fingerprint density at radius 3 is 2.57 bits per heavy atom. The molecule has 0 saturated carbocycles. The number of unbranched alkanes of at least 4 members (excludes halogenated alkanes) is 5. The van der Waals surface area contributed by atoms with Gasteiger partial charge in [-0.05, 0) is 18.6 Å². The van der Waals surface area contributed by atoms with Crippen LogP contribution in [-0.4, -0.2) is 17.5 Å². The highest BCUT2D eigenvalue weighted by Gasteiger charge is 2.16. The fraction of sp³-hybridized carbons (Fsp3) is 0.533. The van der Waals surface area contributed by atoms with Crippen molar-refractivity contribution in [2.75, 3.05) is 12.3 Å². The van der Waals surface area contributed by atoms with E-state index < -0.39 is 10.9 Å². The van der Waals surface area contributed by atoms with E-state index in [9.17, 15) is 14.9 Å². The van der Waals surface area contributed by atoms with E-state index in [-0.39, 0.29) is 16.9 Å². The number of esters is 1. The van der Waals surface area contributed by atoms with E-state index in [0.717, 1.165) is 25.3 Å². The molecule has 0 aliphatic rings. The number of nitrogen functional groups attached to an aromatic ring is 1. The minimum absolute atomic E-state index is 0.0347. The molecule has 1 rings (SSSR count). The Labute approximate surface area is 124 Å². The van der Waals surface area contributed by atoms with E-state index in [1.807, 2.05) is 0 Å². The second-order valence-electron chi connectivity index (χ2n) is 4.93. The van der Waals surface area contributed by atoms with Gasteiger partial charge in [-0.2, -0.15) is 0 Å². The van der Waals surface area contributed by atoms with Gasteiger partial charge in [0.25, 0.3) is 5.69 Å². The van der Waals surface area contributed by atoms with E-state index in [1.54, 1.807) is 0 Å². The number of anilines is 1. The van der Waals surface area contributed by atoms with Crippen LogP contribution in [0.1, 0.15) is 55.8 Å². The van der Waals surface area contributed by atoms with Gasteiger partial charge in [0.1, 0.15) is 5.69 Å². The first-order valence-electron chi connectivity index (χ1n) is 7.27. The van der Waals surface area contributed by atoms with Gasteiger partial charge >= 0.3 is 5.97 Å². The van der Waals surface area contributed by atoms with Crippen LogP contribution in [0.15, 0.2) is 18.2 Å². The molecule has 6 nitrogen and oxygen atoms in total. The fourth-order valence-corrected chi connectivity index (χ4v) is 1.96. The minimum atomic E-state index is -0.611. The third kappa shape index (κ3) is 5.81. The molecule has 21 heavy (non-hydrogen) atoms. The number of nitro groups is 1. The Hall–Kier alpha value is -2.11. The Bertz CT molecular complexity index is 489. The zero-order valence-electron chi connectivity index (χ0n) is 12.3. The van der Waals surface area contributed by atoms with E-state index in [0.29, 0.717) is 6.61 Å². The summed E-state index contributed by atoms with van der Waals surface area (Å²) in [5.74, 6) is -0.549. The number of nitro benzene ring substituents is 1. The third-order valence-electron chi connectivity index (χ3n) is 3.19. The average Bonchev–Trinajstić information content (AvgIpc) is 2.46. The van der Waals surface area contributed by atoms with Gasteiger partial charge in [0.15, 0.2) is 0 Å². The summed E-state index contributed by atoms with van der Waals surface area (Å²) in [5, 5.41) is 10.8. The van der Waals surface area contributed by atoms with Crippen molar-refractivity contribution >= 4 is 17.3 Å². The predicted molar refractivity (Wildman–Crippen MR) is 81.2 cm³/mol. The highest BCUT2D eigenvalue weighted by Crippen LogP contribution is 2.22. The summed E-state index contributed by atoms with van der Waals surface area (Å²) < 4.78 is 5.11. The minimum Gasteiger partial charge on any atom is -0.462 e. The second kappa shape index (κ2) is 8.94. The third-order valence-corrected chi connectivity index (χ3v) is 3.19. The van der Waals surface area contributed by atoms with Gasteiger partial charge in [-0.15, -0.1) is 0 Å². The predicted octanol–water partition coefficient (Wildman–Crippen LogP) is 3.69. The molecule has 0 aliphatic heterocycles. The van der Waals surface area contributed by atoms with Crippen LogP contribution in [0.3, 0.4) is 0 Å². The molecule has 116 valence electrons. The zero-order chi connectivity index (χ0) is 15.7. The lowest BCUT2D eigenvalue weighted by atomic mass is 10.1. The van der Waals surface area contributed by atoms with Gasteiger partial charge in [0.05, 0.1) is 17.1 Å². The van der Waals surface area contributed by atoms with E-state index in [4.69, 9.17) is 10.5 Å². The number of ether oxygens (including phenoxy) is 1. The lowest BCUT2D eigenvalue weighted by molar-refractivity contribution is -0.383. The molecule has 1 aromatic rings. The largest absolute Gasteiger partial charge is 0.462 e. The van der Waals surface area contributed by atoms with Crippen LogP contribution in [-0.2, 0) is 4.74 Å². The highest BCUT2D eigenvalue weighted by atomic mass is 16.6. The van der Waals surface area contributed by atoms with Crippen LogP contribution < -0.4 is 5.73 Å². The quantitative estimate of drug-likeness (QED) is 0.246. The van der Waals surface area contributed by atoms with Crippen LogP contribution in [0.25, 0.3) is 0 Å². The number of hydrogen-bond acceptors (Lipinski definition) is 5. The number of nitrogens with zero attached hydrogens (tertiary/aromatic N) is 1. The van der Waals surface area contributed by atoms with Gasteiger partial charge in [-0.1, -0.05) is 39.0 Å². The molecular formula is C15H22N2O4. The summed E-state index contributed by atoms with van der Waals surface area (Å²) in [6.07, 6.45) is 6.61. The molecule has 0 saturated heterocycles. The van der Waals surface area contributed by atoms with Crippen LogP contribution in [0, 0.1) is 10.1 Å². The van der Waals surface area contributed by atoms with Crippen molar-refractivity contribution in [2.24, 2.45) is 0 Å². The van der Waals surface area contributed by atoms with E-state index in [1.165, 1.54) is 31.4 Å². The first-order valence-corrected chi connectivity index (χ1v) is 7.27. The highest BCUT2D eigenvalue weighted by molar-refractivity contribution is 5.91. The Morgan fingerprint density at radius 2 is 1.90 bits per heavy atom. The van der Waals surface area contributed by atoms with E-state index in [2.05, 4.69) is 6.92 Å². The molecule has 0 aromatic heterocycles. The molecule has 0 spiro atoms. The average molecular weight is 294 g/mol. The van der Waals surface area contributed by atoms with Gasteiger partial charge in [-0.25, -0.2) is 4.79 Å². The van der Waals surface area contributed by atoms with Crippen molar-refractivity contribution in [1.29, 1.82) is 0 Å². The van der Waals surface area contributed by atoms with Crippen molar-refractivity contribution in [1.82, 2.24) is 0 Å². The summed E-state index contributed by atoms with van der Waals surface area (Å²) in [6.45, 7) is 2.50. The molecule has 1 aromatic carbocycles. The molecule has 0 heterocycles. The van der Waals surface area contributed by atoms with Gasteiger partial charge < -0.3 is 10.5 Å². The van der Waals surface area contributed by atoms with Crippen LogP contribution >= 0.6 is 0 Å². The summed E-state index contributed by atoms with van der Waals surface area (Å²) in [4.78, 5) is 21.9. The molecule has 0 atom stereocenters. The SMILES string of the molecule is CCCCCCCCOC(=O)c1ccc(N)c([N+](=O)[O-])c1. The molecule has 0 bridgehead atoms. The molecule has 0 unspecified atom stereocenters. The molecule has 2 N–H and O–H groups in total. The molecule has 6 heteroatoms.